The number of rotatable bonds is 6. The fourth-order valence-corrected chi connectivity index (χ4v) is 1.79. The molecule has 0 aliphatic rings. The number of likely N-dealkylation sites (N-methyl/N-ethyl adjacent to an activating group) is 1. The summed E-state index contributed by atoms with van der Waals surface area (Å²) in [6, 6.07) is 9.27. The van der Waals surface area contributed by atoms with Crippen LogP contribution in [0.3, 0.4) is 0 Å². The Morgan fingerprint density at radius 3 is 2.40 bits per heavy atom. The standard InChI is InChI=1S/C17H22N2O/c1-4-6-13-15(10-5-2)19-16(17(20)18-3)14-11-8-7-9-12-14/h4-13,16,19H,1-3H3,(H,18,20)/b6-4-,10-5-,15-13+. The maximum absolute atomic E-state index is 12.1. The minimum absolute atomic E-state index is 0.0629. The summed E-state index contributed by atoms with van der Waals surface area (Å²) in [6.07, 6.45) is 9.71. The van der Waals surface area contributed by atoms with Crippen molar-refractivity contribution in [1.82, 2.24) is 10.6 Å². The van der Waals surface area contributed by atoms with E-state index in [4.69, 9.17) is 0 Å². The number of nitrogens with one attached hydrogen (secondary N) is 2. The normalized spacial score (nSPS) is 13.7. The topological polar surface area (TPSA) is 41.1 Å². The Balaban J connectivity index is 3.03. The van der Waals surface area contributed by atoms with Crippen LogP contribution in [0.15, 0.2) is 66.4 Å². The summed E-state index contributed by atoms with van der Waals surface area (Å²) < 4.78 is 0. The van der Waals surface area contributed by atoms with Gasteiger partial charge in [-0.25, -0.2) is 0 Å². The number of benzene rings is 1. The highest BCUT2D eigenvalue weighted by Crippen LogP contribution is 2.15. The van der Waals surface area contributed by atoms with Crippen molar-refractivity contribution in [2.45, 2.75) is 19.9 Å². The number of carbonyl (C=O) groups excluding carboxylic acids is 1. The maximum atomic E-state index is 12.1. The fourth-order valence-electron chi connectivity index (χ4n) is 1.79. The molecule has 0 radical (unpaired) electrons. The Morgan fingerprint density at radius 2 is 1.85 bits per heavy atom. The summed E-state index contributed by atoms with van der Waals surface area (Å²) in [4.78, 5) is 12.1. The Labute approximate surface area is 121 Å². The van der Waals surface area contributed by atoms with E-state index in [2.05, 4.69) is 10.6 Å². The van der Waals surface area contributed by atoms with Crippen molar-refractivity contribution < 1.29 is 4.79 Å². The Kier molecular flexibility index (Phi) is 6.90. The minimum atomic E-state index is -0.408. The maximum Gasteiger partial charge on any atom is 0.246 e. The monoisotopic (exact) mass is 270 g/mol. The van der Waals surface area contributed by atoms with E-state index < -0.39 is 6.04 Å². The zero-order chi connectivity index (χ0) is 14.8. The first-order chi connectivity index (χ1) is 9.72. The van der Waals surface area contributed by atoms with Gasteiger partial charge in [-0.2, -0.15) is 0 Å². The highest BCUT2D eigenvalue weighted by Gasteiger charge is 2.18. The van der Waals surface area contributed by atoms with Crippen LogP contribution in [-0.4, -0.2) is 13.0 Å². The fraction of sp³-hybridized carbons (Fsp3) is 0.235. The lowest BCUT2D eigenvalue weighted by molar-refractivity contribution is -0.122. The van der Waals surface area contributed by atoms with E-state index in [-0.39, 0.29) is 5.91 Å². The molecule has 0 aliphatic heterocycles. The Morgan fingerprint density at radius 1 is 1.15 bits per heavy atom. The van der Waals surface area contributed by atoms with Crippen molar-refractivity contribution in [1.29, 1.82) is 0 Å². The van der Waals surface area contributed by atoms with E-state index in [9.17, 15) is 4.79 Å². The van der Waals surface area contributed by atoms with Gasteiger partial charge in [-0.3, -0.25) is 4.79 Å². The first-order valence-electron chi connectivity index (χ1n) is 6.71. The molecular weight excluding hydrogens is 248 g/mol. The third-order valence-electron chi connectivity index (χ3n) is 2.77. The summed E-state index contributed by atoms with van der Waals surface area (Å²) >= 11 is 0. The van der Waals surface area contributed by atoms with Gasteiger partial charge in [0.1, 0.15) is 6.04 Å². The van der Waals surface area contributed by atoms with Gasteiger partial charge in [-0.15, -0.1) is 0 Å². The van der Waals surface area contributed by atoms with Crippen molar-refractivity contribution in [3.63, 3.8) is 0 Å². The molecule has 0 fully saturated rings. The van der Waals surface area contributed by atoms with Crippen LogP contribution < -0.4 is 10.6 Å². The average Bonchev–Trinajstić information content (AvgIpc) is 2.50. The second-order valence-corrected chi connectivity index (χ2v) is 4.25. The molecule has 0 heterocycles. The van der Waals surface area contributed by atoms with Crippen LogP contribution in [0.1, 0.15) is 25.5 Å². The SMILES string of the molecule is C\C=C/C=C(\C=C/C)NC(C(=O)NC)c1ccccc1. The molecule has 3 nitrogen and oxygen atoms in total. The van der Waals surface area contributed by atoms with Gasteiger partial charge in [0.25, 0.3) is 0 Å². The zero-order valence-corrected chi connectivity index (χ0v) is 12.3. The van der Waals surface area contributed by atoms with Gasteiger partial charge in [0, 0.05) is 12.7 Å². The van der Waals surface area contributed by atoms with Crippen molar-refractivity contribution in [2.75, 3.05) is 7.05 Å². The molecule has 1 aromatic rings. The molecule has 1 rings (SSSR count). The smallest absolute Gasteiger partial charge is 0.246 e. The number of allylic oxidation sites excluding steroid dienone is 5. The van der Waals surface area contributed by atoms with Crippen LogP contribution in [0.25, 0.3) is 0 Å². The lowest BCUT2D eigenvalue weighted by Crippen LogP contribution is -2.35. The summed E-state index contributed by atoms with van der Waals surface area (Å²) in [7, 11) is 1.64. The van der Waals surface area contributed by atoms with E-state index in [1.54, 1.807) is 7.05 Å². The minimum Gasteiger partial charge on any atom is -0.370 e. The van der Waals surface area contributed by atoms with Gasteiger partial charge < -0.3 is 10.6 Å². The van der Waals surface area contributed by atoms with Gasteiger partial charge in [-0.1, -0.05) is 48.6 Å². The number of amides is 1. The number of hydrogen-bond donors (Lipinski definition) is 2. The average molecular weight is 270 g/mol. The van der Waals surface area contributed by atoms with Crippen molar-refractivity contribution >= 4 is 5.91 Å². The van der Waals surface area contributed by atoms with E-state index in [0.717, 1.165) is 11.3 Å². The molecule has 0 aliphatic carbocycles. The molecule has 0 spiro atoms. The third-order valence-corrected chi connectivity index (χ3v) is 2.77. The number of carbonyl (C=O) groups is 1. The molecular formula is C17H22N2O. The van der Waals surface area contributed by atoms with E-state index in [0.29, 0.717) is 0 Å². The highest BCUT2D eigenvalue weighted by molar-refractivity contribution is 5.83. The second kappa shape index (κ2) is 8.75. The molecule has 2 N–H and O–H groups in total. The lowest BCUT2D eigenvalue weighted by atomic mass is 10.1. The van der Waals surface area contributed by atoms with Crippen LogP contribution in [-0.2, 0) is 4.79 Å². The van der Waals surface area contributed by atoms with Gasteiger partial charge in [-0.05, 0) is 31.6 Å². The summed E-state index contributed by atoms with van der Waals surface area (Å²) in [5.41, 5.74) is 1.82. The molecule has 1 atom stereocenters. The second-order valence-electron chi connectivity index (χ2n) is 4.25. The lowest BCUT2D eigenvalue weighted by Gasteiger charge is -2.19. The Hall–Kier alpha value is -2.29. The van der Waals surface area contributed by atoms with Gasteiger partial charge >= 0.3 is 0 Å². The van der Waals surface area contributed by atoms with E-state index in [1.807, 2.05) is 74.6 Å². The molecule has 1 aromatic carbocycles. The zero-order valence-electron chi connectivity index (χ0n) is 12.3. The van der Waals surface area contributed by atoms with Gasteiger partial charge in [0.05, 0.1) is 0 Å². The van der Waals surface area contributed by atoms with E-state index >= 15 is 0 Å². The molecule has 1 amide bonds. The van der Waals surface area contributed by atoms with Crippen LogP contribution in [0.5, 0.6) is 0 Å². The summed E-state index contributed by atoms with van der Waals surface area (Å²) in [6.45, 7) is 3.90. The quantitative estimate of drug-likeness (QED) is 0.780. The first-order valence-corrected chi connectivity index (χ1v) is 6.71. The van der Waals surface area contributed by atoms with Crippen molar-refractivity contribution in [3.05, 3.63) is 72.0 Å². The molecule has 0 aromatic heterocycles. The molecule has 106 valence electrons. The number of hydrogen-bond acceptors (Lipinski definition) is 2. The first kappa shape index (κ1) is 15.8. The van der Waals surface area contributed by atoms with E-state index in [1.165, 1.54) is 0 Å². The Bertz CT molecular complexity index is 501. The molecule has 0 saturated heterocycles. The van der Waals surface area contributed by atoms with Crippen LogP contribution in [0.2, 0.25) is 0 Å². The van der Waals surface area contributed by atoms with Gasteiger partial charge in [0.2, 0.25) is 5.91 Å². The van der Waals surface area contributed by atoms with Crippen LogP contribution in [0, 0.1) is 0 Å². The molecule has 0 bridgehead atoms. The van der Waals surface area contributed by atoms with Crippen molar-refractivity contribution in [3.8, 4) is 0 Å². The van der Waals surface area contributed by atoms with Gasteiger partial charge in [0.15, 0.2) is 0 Å². The molecule has 1 unspecified atom stereocenters. The predicted octanol–water partition coefficient (Wildman–Crippen LogP) is 3.10. The van der Waals surface area contributed by atoms with Crippen LogP contribution in [0.4, 0.5) is 0 Å². The molecule has 0 saturated carbocycles. The highest BCUT2D eigenvalue weighted by atomic mass is 16.2. The predicted molar refractivity (Wildman–Crippen MR) is 84.1 cm³/mol. The van der Waals surface area contributed by atoms with Crippen molar-refractivity contribution in [2.24, 2.45) is 0 Å². The van der Waals surface area contributed by atoms with Crippen LogP contribution >= 0.6 is 0 Å². The molecule has 3 heteroatoms. The summed E-state index contributed by atoms with van der Waals surface area (Å²) in [5.74, 6) is -0.0629. The molecule has 20 heavy (non-hydrogen) atoms. The third kappa shape index (κ3) is 4.76. The summed E-state index contributed by atoms with van der Waals surface area (Å²) in [5, 5.41) is 5.96. The largest absolute Gasteiger partial charge is 0.370 e.